The average Bonchev–Trinajstić information content (AvgIpc) is 2.50. The van der Waals surface area contributed by atoms with E-state index in [1.54, 1.807) is 6.92 Å². The van der Waals surface area contributed by atoms with Crippen LogP contribution in [0.5, 0.6) is 0 Å². The van der Waals surface area contributed by atoms with Crippen molar-refractivity contribution in [3.05, 3.63) is 35.9 Å². The SMILES string of the molecule is CCCCCCCCCCOC(C(C)=O)c1ccccc1. The molecule has 0 radical (unpaired) electrons. The van der Waals surface area contributed by atoms with Crippen LogP contribution in [0.3, 0.4) is 0 Å². The molecule has 1 unspecified atom stereocenters. The number of carbonyl (C=O) groups excluding carboxylic acids is 1. The molecule has 0 spiro atoms. The van der Waals surface area contributed by atoms with Gasteiger partial charge in [0.1, 0.15) is 6.10 Å². The summed E-state index contributed by atoms with van der Waals surface area (Å²) in [5.41, 5.74) is 0.963. The Kier molecular flexibility index (Phi) is 9.81. The number of unbranched alkanes of at least 4 members (excludes halogenated alkanes) is 7. The van der Waals surface area contributed by atoms with E-state index in [1.807, 2.05) is 30.3 Å². The Morgan fingerprint density at radius 1 is 0.952 bits per heavy atom. The van der Waals surface area contributed by atoms with Crippen LogP contribution in [0.4, 0.5) is 0 Å². The van der Waals surface area contributed by atoms with Crippen LogP contribution in [0.15, 0.2) is 30.3 Å². The summed E-state index contributed by atoms with van der Waals surface area (Å²) in [4.78, 5) is 11.7. The van der Waals surface area contributed by atoms with Crippen LogP contribution >= 0.6 is 0 Å². The molecule has 0 fully saturated rings. The maximum absolute atomic E-state index is 11.7. The van der Waals surface area contributed by atoms with Crippen LogP contribution < -0.4 is 0 Å². The van der Waals surface area contributed by atoms with Crippen LogP contribution in [0.25, 0.3) is 0 Å². The molecule has 1 aromatic rings. The fourth-order valence-corrected chi connectivity index (χ4v) is 2.51. The van der Waals surface area contributed by atoms with Crippen molar-refractivity contribution in [1.29, 1.82) is 0 Å². The molecule has 0 bridgehead atoms. The van der Waals surface area contributed by atoms with Crippen molar-refractivity contribution in [2.45, 2.75) is 71.3 Å². The standard InChI is InChI=1S/C19H30O2/c1-3-4-5-6-7-8-9-13-16-21-19(17(2)20)18-14-11-10-12-15-18/h10-12,14-15,19H,3-9,13,16H2,1-2H3. The number of rotatable bonds is 12. The smallest absolute Gasteiger partial charge is 0.163 e. The molecule has 0 amide bonds. The summed E-state index contributed by atoms with van der Waals surface area (Å²) >= 11 is 0. The molecule has 1 atom stereocenters. The van der Waals surface area contributed by atoms with E-state index in [0.717, 1.165) is 12.0 Å². The Labute approximate surface area is 129 Å². The predicted octanol–water partition coefficient (Wildman–Crippen LogP) is 5.47. The number of ketones is 1. The lowest BCUT2D eigenvalue weighted by molar-refractivity contribution is -0.128. The monoisotopic (exact) mass is 290 g/mol. The molecule has 0 saturated heterocycles. The van der Waals surface area contributed by atoms with Gasteiger partial charge in [-0.15, -0.1) is 0 Å². The Morgan fingerprint density at radius 2 is 1.52 bits per heavy atom. The van der Waals surface area contributed by atoms with Gasteiger partial charge in [-0.2, -0.15) is 0 Å². The van der Waals surface area contributed by atoms with Crippen LogP contribution in [0.2, 0.25) is 0 Å². The maximum atomic E-state index is 11.7. The van der Waals surface area contributed by atoms with Gasteiger partial charge < -0.3 is 4.74 Å². The lowest BCUT2D eigenvalue weighted by atomic mass is 10.1. The largest absolute Gasteiger partial charge is 0.366 e. The summed E-state index contributed by atoms with van der Waals surface area (Å²) in [6.07, 6.45) is 9.85. The van der Waals surface area contributed by atoms with Crippen molar-refractivity contribution in [1.82, 2.24) is 0 Å². The number of hydrogen-bond donors (Lipinski definition) is 0. The highest BCUT2D eigenvalue weighted by atomic mass is 16.5. The van der Waals surface area contributed by atoms with Gasteiger partial charge in [0.15, 0.2) is 5.78 Å². The quantitative estimate of drug-likeness (QED) is 0.477. The molecule has 2 nitrogen and oxygen atoms in total. The van der Waals surface area contributed by atoms with Crippen LogP contribution in [0, 0.1) is 0 Å². The minimum Gasteiger partial charge on any atom is -0.366 e. The minimum absolute atomic E-state index is 0.0840. The Bertz CT molecular complexity index is 372. The van der Waals surface area contributed by atoms with Gasteiger partial charge in [-0.25, -0.2) is 0 Å². The first kappa shape index (κ1) is 17.9. The predicted molar refractivity (Wildman–Crippen MR) is 88.4 cm³/mol. The molecule has 0 aliphatic rings. The van der Waals surface area contributed by atoms with Gasteiger partial charge in [0.05, 0.1) is 0 Å². The number of carbonyl (C=O) groups is 1. The van der Waals surface area contributed by atoms with Gasteiger partial charge >= 0.3 is 0 Å². The summed E-state index contributed by atoms with van der Waals surface area (Å²) in [5, 5.41) is 0. The third-order valence-electron chi connectivity index (χ3n) is 3.75. The molecular formula is C19H30O2. The highest BCUT2D eigenvalue weighted by molar-refractivity contribution is 5.81. The van der Waals surface area contributed by atoms with E-state index in [0.29, 0.717) is 6.61 Å². The summed E-state index contributed by atoms with van der Waals surface area (Å²) < 4.78 is 5.79. The second-order valence-electron chi connectivity index (χ2n) is 5.75. The highest BCUT2D eigenvalue weighted by Crippen LogP contribution is 2.19. The van der Waals surface area contributed by atoms with E-state index in [2.05, 4.69) is 6.92 Å². The molecular weight excluding hydrogens is 260 g/mol. The van der Waals surface area contributed by atoms with E-state index in [1.165, 1.54) is 44.9 Å². The molecule has 0 N–H and O–H groups in total. The molecule has 0 heterocycles. The van der Waals surface area contributed by atoms with Crippen molar-refractivity contribution in [2.75, 3.05) is 6.61 Å². The van der Waals surface area contributed by atoms with E-state index in [4.69, 9.17) is 4.74 Å². The molecule has 0 aromatic heterocycles. The Balaban J connectivity index is 2.13. The first-order chi connectivity index (χ1) is 10.3. The maximum Gasteiger partial charge on any atom is 0.163 e. The van der Waals surface area contributed by atoms with E-state index < -0.39 is 6.10 Å². The zero-order valence-electron chi connectivity index (χ0n) is 13.6. The normalized spacial score (nSPS) is 12.3. The molecule has 21 heavy (non-hydrogen) atoms. The lowest BCUT2D eigenvalue weighted by Crippen LogP contribution is -2.13. The van der Waals surface area contributed by atoms with Crippen molar-refractivity contribution in [2.24, 2.45) is 0 Å². The van der Waals surface area contributed by atoms with Crippen molar-refractivity contribution in [3.63, 3.8) is 0 Å². The van der Waals surface area contributed by atoms with E-state index in [9.17, 15) is 4.79 Å². The van der Waals surface area contributed by atoms with Gasteiger partial charge in [-0.3, -0.25) is 4.79 Å². The third-order valence-corrected chi connectivity index (χ3v) is 3.75. The molecule has 0 aliphatic carbocycles. The number of ether oxygens (including phenoxy) is 1. The fraction of sp³-hybridized carbons (Fsp3) is 0.632. The highest BCUT2D eigenvalue weighted by Gasteiger charge is 2.16. The minimum atomic E-state index is -0.393. The van der Waals surface area contributed by atoms with Gasteiger partial charge in [-0.05, 0) is 18.9 Å². The lowest BCUT2D eigenvalue weighted by Gasteiger charge is -2.15. The summed E-state index contributed by atoms with van der Waals surface area (Å²) in [5.74, 6) is 0.0840. The Hall–Kier alpha value is -1.15. The van der Waals surface area contributed by atoms with Gasteiger partial charge in [0.2, 0.25) is 0 Å². The topological polar surface area (TPSA) is 26.3 Å². The first-order valence-electron chi connectivity index (χ1n) is 8.42. The average molecular weight is 290 g/mol. The third kappa shape index (κ3) is 8.01. The second kappa shape index (κ2) is 11.5. The summed E-state index contributed by atoms with van der Waals surface area (Å²) in [7, 11) is 0. The zero-order chi connectivity index (χ0) is 15.3. The van der Waals surface area contributed by atoms with Crippen molar-refractivity contribution >= 4 is 5.78 Å². The van der Waals surface area contributed by atoms with Crippen molar-refractivity contribution < 1.29 is 9.53 Å². The van der Waals surface area contributed by atoms with Gasteiger partial charge in [0, 0.05) is 6.61 Å². The van der Waals surface area contributed by atoms with Crippen LogP contribution in [-0.4, -0.2) is 12.4 Å². The Morgan fingerprint density at radius 3 is 2.10 bits per heavy atom. The fourth-order valence-electron chi connectivity index (χ4n) is 2.51. The molecule has 1 rings (SSSR count). The van der Waals surface area contributed by atoms with E-state index in [-0.39, 0.29) is 5.78 Å². The zero-order valence-corrected chi connectivity index (χ0v) is 13.6. The van der Waals surface area contributed by atoms with Crippen LogP contribution in [-0.2, 0) is 9.53 Å². The van der Waals surface area contributed by atoms with Gasteiger partial charge in [-0.1, -0.05) is 82.2 Å². The van der Waals surface area contributed by atoms with E-state index >= 15 is 0 Å². The van der Waals surface area contributed by atoms with Gasteiger partial charge in [0.25, 0.3) is 0 Å². The van der Waals surface area contributed by atoms with Crippen LogP contribution in [0.1, 0.15) is 76.9 Å². The molecule has 118 valence electrons. The number of benzene rings is 1. The number of hydrogen-bond acceptors (Lipinski definition) is 2. The second-order valence-corrected chi connectivity index (χ2v) is 5.75. The summed E-state index contributed by atoms with van der Waals surface area (Å²) in [6.45, 7) is 4.52. The molecule has 0 saturated carbocycles. The number of Topliss-reactive ketones (excluding diaryl/α,β-unsaturated/α-hetero) is 1. The molecule has 2 heteroatoms. The summed E-state index contributed by atoms with van der Waals surface area (Å²) in [6, 6.07) is 9.77. The molecule has 1 aromatic carbocycles. The first-order valence-corrected chi connectivity index (χ1v) is 8.42. The van der Waals surface area contributed by atoms with Crippen molar-refractivity contribution in [3.8, 4) is 0 Å². The molecule has 0 aliphatic heterocycles.